The van der Waals surface area contributed by atoms with Gasteiger partial charge in [-0.15, -0.1) is 0 Å². The summed E-state index contributed by atoms with van der Waals surface area (Å²) in [5.74, 6) is -0.315. The van der Waals surface area contributed by atoms with E-state index in [2.05, 4.69) is 21.2 Å². The number of benzene rings is 2. The summed E-state index contributed by atoms with van der Waals surface area (Å²) in [5, 5.41) is 3.74. The Balaban J connectivity index is 1.91. The van der Waals surface area contributed by atoms with Gasteiger partial charge in [-0.2, -0.15) is 0 Å². The lowest BCUT2D eigenvalue weighted by molar-refractivity contribution is -0.144. The van der Waals surface area contributed by atoms with Gasteiger partial charge in [0.15, 0.2) is 10.8 Å². The number of thiocarbonyl (C=S) groups is 1. The van der Waals surface area contributed by atoms with Crippen LogP contribution < -0.4 is 15.0 Å². The summed E-state index contributed by atoms with van der Waals surface area (Å²) in [4.78, 5) is 16.5. The summed E-state index contributed by atoms with van der Waals surface area (Å²) in [6, 6.07) is 11.4. The first kappa shape index (κ1) is 19.1. The second-order valence-corrected chi connectivity index (χ2v) is 8.59. The van der Waals surface area contributed by atoms with Crippen molar-refractivity contribution in [2.45, 2.75) is 18.7 Å². The lowest BCUT2D eigenvalue weighted by atomic mass is 9.78. The number of nitrogens with zero attached hydrogens (tertiary/aromatic N) is 2. The van der Waals surface area contributed by atoms with Gasteiger partial charge in [0.1, 0.15) is 17.5 Å². The van der Waals surface area contributed by atoms with Crippen molar-refractivity contribution >= 4 is 44.9 Å². The third-order valence-electron chi connectivity index (χ3n) is 5.25. The van der Waals surface area contributed by atoms with Gasteiger partial charge in [0, 0.05) is 29.8 Å². The van der Waals surface area contributed by atoms with Gasteiger partial charge >= 0.3 is 0 Å². The molecule has 4 rings (SSSR count). The summed E-state index contributed by atoms with van der Waals surface area (Å²) >= 11 is 9.13. The van der Waals surface area contributed by atoms with Crippen LogP contribution in [0.1, 0.15) is 18.5 Å². The number of hydrogen-bond acceptors (Lipinski definition) is 3. The molecule has 146 valence electrons. The fraction of sp³-hybridized carbons (Fsp3) is 0.300. The van der Waals surface area contributed by atoms with Gasteiger partial charge in [-0.25, -0.2) is 4.39 Å². The van der Waals surface area contributed by atoms with Crippen LogP contribution in [0.2, 0.25) is 0 Å². The second-order valence-electron chi connectivity index (χ2n) is 7.29. The van der Waals surface area contributed by atoms with Crippen LogP contribution in [-0.4, -0.2) is 35.7 Å². The number of carbonyl (C=O) groups excluding carboxylic acids is 1. The highest BCUT2D eigenvalue weighted by atomic mass is 79.9. The number of nitrogens with one attached hydrogen (secondary N) is 1. The molecule has 0 spiro atoms. The summed E-state index contributed by atoms with van der Waals surface area (Å²) in [6.45, 7) is 1.85. The van der Waals surface area contributed by atoms with Crippen LogP contribution in [0.3, 0.4) is 0 Å². The van der Waals surface area contributed by atoms with Gasteiger partial charge in [-0.3, -0.25) is 9.69 Å². The van der Waals surface area contributed by atoms with E-state index < -0.39 is 11.6 Å². The van der Waals surface area contributed by atoms with Crippen LogP contribution in [0, 0.1) is 11.7 Å². The third kappa shape index (κ3) is 2.86. The van der Waals surface area contributed by atoms with Crippen LogP contribution in [0.4, 0.5) is 10.1 Å². The van der Waals surface area contributed by atoms with Crippen molar-refractivity contribution in [3.63, 3.8) is 0 Å². The normalized spacial score (nSPS) is 25.5. The van der Waals surface area contributed by atoms with E-state index in [1.807, 2.05) is 25.1 Å². The van der Waals surface area contributed by atoms with Gasteiger partial charge in [-0.1, -0.05) is 15.9 Å². The van der Waals surface area contributed by atoms with Crippen molar-refractivity contribution in [2.75, 3.05) is 19.0 Å². The molecule has 1 N–H and O–H groups in total. The Labute approximate surface area is 176 Å². The predicted molar refractivity (Wildman–Crippen MR) is 113 cm³/mol. The average Bonchev–Trinajstić information content (AvgIpc) is 2.63. The Morgan fingerprint density at radius 2 is 1.96 bits per heavy atom. The van der Waals surface area contributed by atoms with Gasteiger partial charge in [-0.05, 0) is 61.6 Å². The third-order valence-corrected chi connectivity index (χ3v) is 6.05. The van der Waals surface area contributed by atoms with E-state index in [0.717, 1.165) is 10.0 Å². The number of anilines is 1. The molecule has 2 aromatic rings. The molecule has 1 fully saturated rings. The molecule has 3 atom stereocenters. The number of amides is 1. The van der Waals surface area contributed by atoms with Crippen molar-refractivity contribution in [1.29, 1.82) is 0 Å². The minimum absolute atomic E-state index is 0.0831. The predicted octanol–water partition coefficient (Wildman–Crippen LogP) is 3.84. The van der Waals surface area contributed by atoms with E-state index in [1.165, 1.54) is 12.1 Å². The molecular weight excluding hydrogens is 445 g/mol. The van der Waals surface area contributed by atoms with Crippen molar-refractivity contribution in [3.8, 4) is 5.75 Å². The molecule has 1 saturated heterocycles. The molecule has 0 aromatic heterocycles. The fourth-order valence-corrected chi connectivity index (χ4v) is 4.78. The number of hydrogen-bond donors (Lipinski definition) is 1. The number of rotatable bonds is 2. The molecule has 1 amide bonds. The molecule has 2 aliphatic heterocycles. The van der Waals surface area contributed by atoms with Gasteiger partial charge < -0.3 is 15.0 Å². The summed E-state index contributed by atoms with van der Waals surface area (Å²) in [6.07, 6.45) is 0. The maximum atomic E-state index is 13.5. The van der Waals surface area contributed by atoms with Crippen molar-refractivity contribution in [3.05, 3.63) is 58.3 Å². The van der Waals surface area contributed by atoms with Crippen LogP contribution in [0.25, 0.3) is 0 Å². The maximum absolute atomic E-state index is 13.5. The molecule has 3 unspecified atom stereocenters. The topological polar surface area (TPSA) is 44.8 Å². The molecule has 0 radical (unpaired) electrons. The second kappa shape index (κ2) is 6.70. The molecule has 8 heteroatoms. The van der Waals surface area contributed by atoms with Crippen molar-refractivity contribution in [1.82, 2.24) is 10.2 Å². The Kier molecular flexibility index (Phi) is 4.58. The van der Waals surface area contributed by atoms with Gasteiger partial charge in [0.25, 0.3) is 0 Å². The Hall–Kier alpha value is -2.19. The van der Waals surface area contributed by atoms with E-state index in [1.54, 1.807) is 36.0 Å². The van der Waals surface area contributed by atoms with Gasteiger partial charge in [0.2, 0.25) is 5.91 Å². The summed E-state index contributed by atoms with van der Waals surface area (Å²) in [5.41, 5.74) is 0.442. The minimum Gasteiger partial charge on any atom is -0.467 e. The molecule has 2 aromatic carbocycles. The maximum Gasteiger partial charge on any atom is 0.233 e. The lowest BCUT2D eigenvalue weighted by Crippen LogP contribution is -2.72. The SMILES string of the molecule is CN(C)C(=O)C1C2NC(=S)N(c3ccc(F)cc3)C1(C)Oc1ccc(Br)cc12. The largest absolute Gasteiger partial charge is 0.467 e. The van der Waals surface area contributed by atoms with Crippen LogP contribution in [0.15, 0.2) is 46.9 Å². The quantitative estimate of drug-likeness (QED) is 0.685. The lowest BCUT2D eigenvalue weighted by Gasteiger charge is -2.56. The summed E-state index contributed by atoms with van der Waals surface area (Å²) in [7, 11) is 3.44. The number of halogens is 2. The molecule has 2 bridgehead atoms. The molecular formula is C20H19BrFN3O2S. The van der Waals surface area contributed by atoms with E-state index in [9.17, 15) is 9.18 Å². The number of carbonyl (C=O) groups is 1. The molecule has 28 heavy (non-hydrogen) atoms. The number of ether oxygens (including phenoxy) is 1. The van der Waals surface area contributed by atoms with E-state index >= 15 is 0 Å². The summed E-state index contributed by atoms with van der Waals surface area (Å²) < 4.78 is 20.8. The average molecular weight is 464 g/mol. The highest BCUT2D eigenvalue weighted by Crippen LogP contribution is 2.50. The zero-order valence-corrected chi connectivity index (χ0v) is 18.0. The van der Waals surface area contributed by atoms with Crippen molar-refractivity contribution in [2.24, 2.45) is 5.92 Å². The first-order valence-corrected chi connectivity index (χ1v) is 9.98. The van der Waals surface area contributed by atoms with Crippen LogP contribution in [0.5, 0.6) is 5.75 Å². The molecule has 2 heterocycles. The Morgan fingerprint density at radius 1 is 1.29 bits per heavy atom. The van der Waals surface area contributed by atoms with E-state index in [0.29, 0.717) is 16.5 Å². The Bertz CT molecular complexity index is 968. The monoisotopic (exact) mass is 463 g/mol. The standard InChI is InChI=1S/C20H19BrFN3O2S/c1-20-16(18(26)24(2)3)17(14-10-11(21)4-9-15(14)27-20)23-19(28)25(20)13-7-5-12(22)6-8-13/h4-10,16-17H,1-3H3,(H,23,28). The molecule has 0 saturated carbocycles. The highest BCUT2D eigenvalue weighted by molar-refractivity contribution is 9.10. The minimum atomic E-state index is -1.08. The molecule has 2 aliphatic rings. The van der Waals surface area contributed by atoms with E-state index in [4.69, 9.17) is 17.0 Å². The first-order chi connectivity index (χ1) is 13.2. The first-order valence-electron chi connectivity index (χ1n) is 8.78. The smallest absolute Gasteiger partial charge is 0.233 e. The molecule has 0 aliphatic carbocycles. The van der Waals surface area contributed by atoms with Crippen LogP contribution >= 0.6 is 28.1 Å². The fourth-order valence-electron chi connectivity index (χ4n) is 3.99. The Morgan fingerprint density at radius 3 is 2.61 bits per heavy atom. The van der Waals surface area contributed by atoms with Crippen LogP contribution in [-0.2, 0) is 4.79 Å². The zero-order valence-electron chi connectivity index (χ0n) is 15.6. The van der Waals surface area contributed by atoms with Gasteiger partial charge in [0.05, 0.1) is 6.04 Å². The van der Waals surface area contributed by atoms with E-state index in [-0.39, 0.29) is 17.8 Å². The number of fused-ring (bicyclic) bond motifs is 4. The van der Waals surface area contributed by atoms with Crippen molar-refractivity contribution < 1.29 is 13.9 Å². The molecule has 5 nitrogen and oxygen atoms in total. The zero-order chi connectivity index (χ0) is 20.2. The highest BCUT2D eigenvalue weighted by Gasteiger charge is 2.59.